The summed E-state index contributed by atoms with van der Waals surface area (Å²) >= 11 is 0. The van der Waals surface area contributed by atoms with Crippen molar-refractivity contribution < 1.29 is 9.53 Å². The summed E-state index contributed by atoms with van der Waals surface area (Å²) in [4.78, 5) is 39.4. The third-order valence-corrected chi connectivity index (χ3v) is 8.09. The molecule has 0 bridgehead atoms. The van der Waals surface area contributed by atoms with Gasteiger partial charge in [-0.3, -0.25) is 9.59 Å². The molecule has 0 spiro atoms. The lowest BCUT2D eigenvalue weighted by Crippen LogP contribution is -2.39. The van der Waals surface area contributed by atoms with E-state index < -0.39 is 0 Å². The van der Waals surface area contributed by atoms with Gasteiger partial charge in [0.1, 0.15) is 17.2 Å². The van der Waals surface area contributed by atoms with Gasteiger partial charge in [-0.05, 0) is 80.6 Å². The van der Waals surface area contributed by atoms with Gasteiger partial charge in [0.2, 0.25) is 5.95 Å². The van der Waals surface area contributed by atoms with Gasteiger partial charge in [-0.25, -0.2) is 14.3 Å². The lowest BCUT2D eigenvalue weighted by Gasteiger charge is -2.32. The highest BCUT2D eigenvalue weighted by molar-refractivity contribution is 5.94. The predicted octanol–water partition coefficient (Wildman–Crippen LogP) is 4.68. The fourth-order valence-electron chi connectivity index (χ4n) is 5.66. The molecule has 43 heavy (non-hydrogen) atoms. The fourth-order valence-corrected chi connectivity index (χ4v) is 5.66. The first kappa shape index (κ1) is 28.5. The highest BCUT2D eigenvalue weighted by Gasteiger charge is 2.32. The van der Waals surface area contributed by atoms with Crippen molar-refractivity contribution in [3.05, 3.63) is 88.5 Å². The van der Waals surface area contributed by atoms with Crippen LogP contribution < -0.4 is 15.6 Å². The monoisotopic (exact) mass is 579 g/mol. The standard InChI is InChI=1S/C33H37N7O3/c1-5-6-16-39-32(42)28-21-34-33(36-30(28)40(39)26-9-7-8-23(20-26)31(41)37(3)4)35-24-10-13-29(22(2)19-24)43-27-14-17-38(18-15-27)25-11-12-25/h6-10,13,19-21,25,27H,1,11-12,14-18H2,2-4H3,(H,34,35,36). The lowest BCUT2D eigenvalue weighted by molar-refractivity contribution is 0.0827. The van der Waals surface area contributed by atoms with E-state index in [4.69, 9.17) is 9.72 Å². The molecule has 1 N–H and O–H groups in total. The molecule has 2 fully saturated rings. The number of nitrogens with zero attached hydrogens (tertiary/aromatic N) is 6. The number of nitrogens with one attached hydrogen (secondary N) is 1. The number of amides is 1. The zero-order chi connectivity index (χ0) is 30.1. The molecule has 1 saturated heterocycles. The summed E-state index contributed by atoms with van der Waals surface area (Å²) in [7, 11) is 3.41. The third-order valence-electron chi connectivity index (χ3n) is 8.09. The Bertz CT molecular complexity index is 1770. The number of aromatic nitrogens is 4. The molecule has 10 nitrogen and oxygen atoms in total. The average molecular weight is 580 g/mol. The van der Waals surface area contributed by atoms with Crippen LogP contribution in [0.2, 0.25) is 0 Å². The Balaban J connectivity index is 1.27. The fraction of sp³-hybridized carbons (Fsp3) is 0.364. The van der Waals surface area contributed by atoms with Crippen LogP contribution in [-0.2, 0) is 6.54 Å². The molecule has 1 amide bonds. The maximum Gasteiger partial charge on any atom is 0.278 e. The van der Waals surface area contributed by atoms with E-state index in [0.717, 1.165) is 49.0 Å². The highest BCUT2D eigenvalue weighted by Crippen LogP contribution is 2.31. The number of fused-ring (bicyclic) bond motifs is 1. The maximum atomic E-state index is 13.4. The summed E-state index contributed by atoms with van der Waals surface area (Å²) in [6.45, 7) is 8.12. The normalized spacial score (nSPS) is 15.7. The number of piperidine rings is 1. The van der Waals surface area contributed by atoms with Gasteiger partial charge in [0, 0.05) is 50.7 Å². The Hall–Kier alpha value is -4.66. The molecular weight excluding hydrogens is 542 g/mol. The summed E-state index contributed by atoms with van der Waals surface area (Å²) < 4.78 is 9.63. The highest BCUT2D eigenvalue weighted by atomic mass is 16.5. The minimum Gasteiger partial charge on any atom is -0.490 e. The molecule has 1 saturated carbocycles. The minimum absolute atomic E-state index is 0.137. The largest absolute Gasteiger partial charge is 0.490 e. The van der Waals surface area contributed by atoms with E-state index in [-0.39, 0.29) is 24.1 Å². The molecular formula is C33H37N7O3. The van der Waals surface area contributed by atoms with Gasteiger partial charge in [-0.2, -0.15) is 4.98 Å². The van der Waals surface area contributed by atoms with Crippen LogP contribution in [0.5, 0.6) is 5.75 Å². The second kappa shape index (κ2) is 11.9. The number of anilines is 2. The van der Waals surface area contributed by atoms with E-state index in [2.05, 4.69) is 27.5 Å². The van der Waals surface area contributed by atoms with Gasteiger partial charge < -0.3 is 19.9 Å². The molecule has 222 valence electrons. The molecule has 6 rings (SSSR count). The number of likely N-dealkylation sites (tertiary alicyclic amines) is 1. The molecule has 10 heteroatoms. The minimum atomic E-state index is -0.252. The molecule has 2 aromatic carbocycles. The third kappa shape index (κ3) is 5.98. The molecule has 1 aliphatic carbocycles. The summed E-state index contributed by atoms with van der Waals surface area (Å²) in [5, 5.41) is 3.65. The Morgan fingerprint density at radius 1 is 1.16 bits per heavy atom. The number of allylic oxidation sites excluding steroid dienone is 1. The van der Waals surface area contributed by atoms with E-state index in [1.165, 1.54) is 28.6 Å². The molecule has 2 aromatic heterocycles. The van der Waals surface area contributed by atoms with Gasteiger partial charge in [0.15, 0.2) is 5.65 Å². The van der Waals surface area contributed by atoms with Gasteiger partial charge in [0.25, 0.3) is 11.5 Å². The number of hydrogen-bond donors (Lipinski definition) is 1. The first-order chi connectivity index (χ1) is 20.8. The summed E-state index contributed by atoms with van der Waals surface area (Å²) in [5.74, 6) is 1.10. The van der Waals surface area contributed by atoms with Crippen molar-refractivity contribution in [2.45, 2.75) is 51.3 Å². The lowest BCUT2D eigenvalue weighted by atomic mass is 10.1. The molecule has 0 radical (unpaired) electrons. The van der Waals surface area contributed by atoms with Crippen molar-refractivity contribution in [3.63, 3.8) is 0 Å². The quantitative estimate of drug-likeness (QED) is 0.288. The van der Waals surface area contributed by atoms with Crippen LogP contribution in [0, 0.1) is 6.92 Å². The Morgan fingerprint density at radius 2 is 1.95 bits per heavy atom. The van der Waals surface area contributed by atoms with E-state index in [1.54, 1.807) is 43.1 Å². The van der Waals surface area contributed by atoms with E-state index in [9.17, 15) is 9.59 Å². The second-order valence-electron chi connectivity index (χ2n) is 11.5. The van der Waals surface area contributed by atoms with Crippen LogP contribution in [-0.4, -0.2) is 74.4 Å². The number of aryl methyl sites for hydroxylation is 1. The van der Waals surface area contributed by atoms with Crippen LogP contribution in [0.15, 0.2) is 71.8 Å². The molecule has 4 aromatic rings. The number of carbonyl (C=O) groups is 1. The van der Waals surface area contributed by atoms with Gasteiger partial charge in [-0.15, -0.1) is 5.73 Å². The number of rotatable bonds is 9. The first-order valence-electron chi connectivity index (χ1n) is 14.8. The topological polar surface area (TPSA) is 97.5 Å². The Kier molecular flexibility index (Phi) is 7.88. The molecule has 3 heterocycles. The van der Waals surface area contributed by atoms with Crippen molar-refractivity contribution in [1.29, 1.82) is 0 Å². The van der Waals surface area contributed by atoms with Crippen molar-refractivity contribution in [3.8, 4) is 11.4 Å². The molecule has 0 atom stereocenters. The number of hydrogen-bond acceptors (Lipinski definition) is 7. The van der Waals surface area contributed by atoms with E-state index in [0.29, 0.717) is 28.2 Å². The summed E-state index contributed by atoms with van der Waals surface area (Å²) in [6, 6.07) is 13.9. The van der Waals surface area contributed by atoms with Gasteiger partial charge in [-0.1, -0.05) is 12.6 Å². The smallest absolute Gasteiger partial charge is 0.278 e. The number of carbonyl (C=O) groups excluding carboxylic acids is 1. The first-order valence-corrected chi connectivity index (χ1v) is 14.8. The summed E-state index contributed by atoms with van der Waals surface area (Å²) in [5.41, 5.74) is 5.87. The molecule has 0 unspecified atom stereocenters. The van der Waals surface area contributed by atoms with Crippen LogP contribution in [0.4, 0.5) is 11.6 Å². The molecule has 1 aliphatic heterocycles. The summed E-state index contributed by atoms with van der Waals surface area (Å²) in [6.07, 6.45) is 8.24. The second-order valence-corrected chi connectivity index (χ2v) is 11.5. The Labute approximate surface area is 250 Å². The SMILES string of the molecule is C=C=CCn1c(=O)c2cnc(Nc3ccc(OC4CCN(C5CC5)CC4)c(C)c3)nc2n1-c1cccc(C(=O)N(C)C)c1. The van der Waals surface area contributed by atoms with Crippen LogP contribution in [0.3, 0.4) is 0 Å². The zero-order valence-corrected chi connectivity index (χ0v) is 24.9. The van der Waals surface area contributed by atoms with Gasteiger partial charge >= 0.3 is 0 Å². The van der Waals surface area contributed by atoms with Crippen molar-refractivity contribution in [2.75, 3.05) is 32.5 Å². The van der Waals surface area contributed by atoms with Crippen LogP contribution >= 0.6 is 0 Å². The van der Waals surface area contributed by atoms with Crippen LogP contribution in [0.1, 0.15) is 41.6 Å². The average Bonchev–Trinajstić information content (AvgIpc) is 3.82. The zero-order valence-electron chi connectivity index (χ0n) is 24.9. The number of ether oxygens (including phenoxy) is 1. The van der Waals surface area contributed by atoms with Crippen molar-refractivity contribution >= 4 is 28.6 Å². The van der Waals surface area contributed by atoms with Crippen molar-refractivity contribution in [2.24, 2.45) is 0 Å². The van der Waals surface area contributed by atoms with Crippen LogP contribution in [0.25, 0.3) is 16.7 Å². The van der Waals surface area contributed by atoms with Gasteiger partial charge in [0.05, 0.1) is 12.2 Å². The van der Waals surface area contributed by atoms with E-state index >= 15 is 0 Å². The maximum absolute atomic E-state index is 13.4. The molecule has 2 aliphatic rings. The van der Waals surface area contributed by atoms with E-state index in [1.807, 2.05) is 31.2 Å². The Morgan fingerprint density at radius 3 is 2.65 bits per heavy atom. The van der Waals surface area contributed by atoms with Crippen molar-refractivity contribution in [1.82, 2.24) is 29.1 Å². The number of benzene rings is 2. The predicted molar refractivity (Wildman–Crippen MR) is 168 cm³/mol.